The molecule has 0 radical (unpaired) electrons. The van der Waals surface area contributed by atoms with Crippen LogP contribution in [0.4, 0.5) is 11.6 Å². The third-order valence-electron chi connectivity index (χ3n) is 3.05. The maximum absolute atomic E-state index is 5.44. The first-order valence-electron chi connectivity index (χ1n) is 7.32. The Balaban J connectivity index is 3.02. The summed E-state index contributed by atoms with van der Waals surface area (Å²) >= 11 is 0. The standard InChI is InChI=1S/C15H28N4O/c1-7-19(9-10-20-8-2)13-11-12(16-6)17-14(18-13)15(3,4)5/h11H,7-10H2,1-6H3,(H,16,17,18). The highest BCUT2D eigenvalue weighted by Gasteiger charge is 2.20. The Morgan fingerprint density at radius 3 is 2.45 bits per heavy atom. The summed E-state index contributed by atoms with van der Waals surface area (Å²) in [6.45, 7) is 13.7. The van der Waals surface area contributed by atoms with E-state index in [1.165, 1.54) is 0 Å². The van der Waals surface area contributed by atoms with Gasteiger partial charge in [-0.15, -0.1) is 0 Å². The summed E-state index contributed by atoms with van der Waals surface area (Å²) in [4.78, 5) is 11.5. The van der Waals surface area contributed by atoms with E-state index in [1.807, 2.05) is 20.0 Å². The third-order valence-corrected chi connectivity index (χ3v) is 3.05. The maximum Gasteiger partial charge on any atom is 0.138 e. The van der Waals surface area contributed by atoms with Crippen LogP contribution in [0.25, 0.3) is 0 Å². The van der Waals surface area contributed by atoms with Crippen molar-refractivity contribution in [1.29, 1.82) is 0 Å². The Bertz CT molecular complexity index is 415. The van der Waals surface area contributed by atoms with Crippen LogP contribution in [0.15, 0.2) is 6.07 Å². The molecule has 5 heteroatoms. The topological polar surface area (TPSA) is 50.3 Å². The zero-order chi connectivity index (χ0) is 15.2. The fourth-order valence-corrected chi connectivity index (χ4v) is 1.81. The van der Waals surface area contributed by atoms with Gasteiger partial charge in [-0.05, 0) is 13.8 Å². The Morgan fingerprint density at radius 2 is 1.95 bits per heavy atom. The van der Waals surface area contributed by atoms with Gasteiger partial charge in [0.15, 0.2) is 0 Å². The van der Waals surface area contributed by atoms with Crippen LogP contribution in [-0.2, 0) is 10.2 Å². The summed E-state index contributed by atoms with van der Waals surface area (Å²) in [5.41, 5.74) is -0.0685. The predicted molar refractivity (Wildman–Crippen MR) is 84.7 cm³/mol. The van der Waals surface area contributed by atoms with Gasteiger partial charge in [-0.25, -0.2) is 9.97 Å². The lowest BCUT2D eigenvalue weighted by Crippen LogP contribution is -2.29. The molecular formula is C15H28N4O. The Kier molecular flexibility index (Phi) is 6.20. The molecule has 0 aliphatic heterocycles. The van der Waals surface area contributed by atoms with Crippen molar-refractivity contribution in [2.75, 3.05) is 43.6 Å². The highest BCUT2D eigenvalue weighted by Crippen LogP contribution is 2.23. The van der Waals surface area contributed by atoms with Gasteiger partial charge in [0.25, 0.3) is 0 Å². The molecule has 0 aromatic carbocycles. The molecule has 0 fully saturated rings. The molecule has 0 aliphatic carbocycles. The van der Waals surface area contributed by atoms with Gasteiger partial charge in [0.05, 0.1) is 6.61 Å². The number of nitrogens with zero attached hydrogens (tertiary/aromatic N) is 3. The molecule has 0 saturated heterocycles. The van der Waals surface area contributed by atoms with Crippen molar-refractivity contribution < 1.29 is 4.74 Å². The lowest BCUT2D eigenvalue weighted by atomic mass is 9.96. The van der Waals surface area contributed by atoms with Crippen molar-refractivity contribution in [3.63, 3.8) is 0 Å². The van der Waals surface area contributed by atoms with Crippen molar-refractivity contribution >= 4 is 11.6 Å². The van der Waals surface area contributed by atoms with Crippen LogP contribution < -0.4 is 10.2 Å². The number of rotatable bonds is 7. The molecule has 1 rings (SSSR count). The number of likely N-dealkylation sites (N-methyl/N-ethyl adjacent to an activating group) is 1. The number of nitrogens with one attached hydrogen (secondary N) is 1. The van der Waals surface area contributed by atoms with Crippen molar-refractivity contribution in [3.05, 3.63) is 11.9 Å². The molecule has 0 amide bonds. The van der Waals surface area contributed by atoms with E-state index >= 15 is 0 Å². The molecule has 1 aromatic heterocycles. The van der Waals surface area contributed by atoms with E-state index in [0.29, 0.717) is 6.61 Å². The summed E-state index contributed by atoms with van der Waals surface area (Å²) in [6.07, 6.45) is 0. The second kappa shape index (κ2) is 7.43. The SMILES string of the molecule is CCOCCN(CC)c1cc(NC)nc(C(C)(C)C)n1. The van der Waals surface area contributed by atoms with Crippen LogP contribution in [0, 0.1) is 0 Å². The quantitative estimate of drug-likeness (QED) is 0.778. The molecule has 114 valence electrons. The molecule has 0 bridgehead atoms. The molecule has 1 heterocycles. The average Bonchev–Trinajstić information content (AvgIpc) is 2.42. The first kappa shape index (κ1) is 16.7. The van der Waals surface area contributed by atoms with Gasteiger partial charge in [0, 0.05) is 38.2 Å². The molecule has 0 atom stereocenters. The summed E-state index contributed by atoms with van der Waals surface area (Å²) in [6, 6.07) is 1.99. The van der Waals surface area contributed by atoms with Crippen molar-refractivity contribution in [2.24, 2.45) is 0 Å². The van der Waals surface area contributed by atoms with Crippen LogP contribution in [0.5, 0.6) is 0 Å². The number of aromatic nitrogens is 2. The normalized spacial score (nSPS) is 11.5. The minimum atomic E-state index is -0.0685. The molecule has 0 saturated carbocycles. The van der Waals surface area contributed by atoms with Crippen LogP contribution >= 0.6 is 0 Å². The Labute approximate surface area is 122 Å². The average molecular weight is 280 g/mol. The molecule has 1 N–H and O–H groups in total. The number of hydrogen-bond acceptors (Lipinski definition) is 5. The van der Waals surface area contributed by atoms with Crippen molar-refractivity contribution in [3.8, 4) is 0 Å². The van der Waals surface area contributed by atoms with E-state index < -0.39 is 0 Å². The van der Waals surface area contributed by atoms with Gasteiger partial charge in [-0.1, -0.05) is 20.8 Å². The van der Waals surface area contributed by atoms with Gasteiger partial charge in [0.1, 0.15) is 17.5 Å². The lowest BCUT2D eigenvalue weighted by Gasteiger charge is -2.25. The van der Waals surface area contributed by atoms with Gasteiger partial charge in [-0.3, -0.25) is 0 Å². The number of ether oxygens (including phenoxy) is 1. The number of hydrogen-bond donors (Lipinski definition) is 1. The van der Waals surface area contributed by atoms with Crippen molar-refractivity contribution in [2.45, 2.75) is 40.0 Å². The zero-order valence-electron chi connectivity index (χ0n) is 13.7. The first-order valence-corrected chi connectivity index (χ1v) is 7.32. The smallest absolute Gasteiger partial charge is 0.138 e. The monoisotopic (exact) mass is 280 g/mol. The molecular weight excluding hydrogens is 252 g/mol. The fourth-order valence-electron chi connectivity index (χ4n) is 1.81. The van der Waals surface area contributed by atoms with Crippen LogP contribution in [0.3, 0.4) is 0 Å². The molecule has 0 spiro atoms. The molecule has 0 aliphatic rings. The summed E-state index contributed by atoms with van der Waals surface area (Å²) in [7, 11) is 1.88. The predicted octanol–water partition coefficient (Wildman–Crippen LogP) is 2.68. The molecule has 0 unspecified atom stereocenters. The van der Waals surface area contributed by atoms with Crippen LogP contribution in [0.2, 0.25) is 0 Å². The molecule has 5 nitrogen and oxygen atoms in total. The van der Waals surface area contributed by atoms with Gasteiger partial charge < -0.3 is 15.0 Å². The van der Waals surface area contributed by atoms with E-state index in [1.54, 1.807) is 0 Å². The maximum atomic E-state index is 5.44. The summed E-state index contributed by atoms with van der Waals surface area (Å²) in [5, 5.41) is 3.12. The Morgan fingerprint density at radius 1 is 1.25 bits per heavy atom. The van der Waals surface area contributed by atoms with E-state index in [0.717, 1.165) is 37.2 Å². The summed E-state index contributed by atoms with van der Waals surface area (Å²) in [5.74, 6) is 2.67. The highest BCUT2D eigenvalue weighted by molar-refractivity contribution is 5.49. The minimum Gasteiger partial charge on any atom is -0.380 e. The third kappa shape index (κ3) is 4.63. The highest BCUT2D eigenvalue weighted by atomic mass is 16.5. The van der Waals surface area contributed by atoms with Crippen LogP contribution in [-0.4, -0.2) is 43.3 Å². The van der Waals surface area contributed by atoms with Gasteiger partial charge >= 0.3 is 0 Å². The van der Waals surface area contributed by atoms with E-state index in [2.05, 4.69) is 42.9 Å². The van der Waals surface area contributed by atoms with E-state index in [4.69, 9.17) is 9.72 Å². The Hall–Kier alpha value is -1.36. The second-order valence-electron chi connectivity index (χ2n) is 5.71. The largest absolute Gasteiger partial charge is 0.380 e. The second-order valence-corrected chi connectivity index (χ2v) is 5.71. The van der Waals surface area contributed by atoms with Gasteiger partial charge in [-0.2, -0.15) is 0 Å². The fraction of sp³-hybridized carbons (Fsp3) is 0.733. The van der Waals surface area contributed by atoms with Crippen LogP contribution in [0.1, 0.15) is 40.4 Å². The zero-order valence-corrected chi connectivity index (χ0v) is 13.7. The van der Waals surface area contributed by atoms with Gasteiger partial charge in [0.2, 0.25) is 0 Å². The van der Waals surface area contributed by atoms with Crippen molar-refractivity contribution in [1.82, 2.24) is 9.97 Å². The molecule has 1 aromatic rings. The number of anilines is 2. The summed E-state index contributed by atoms with van der Waals surface area (Å²) < 4.78 is 5.44. The van der Waals surface area contributed by atoms with E-state index in [9.17, 15) is 0 Å². The lowest BCUT2D eigenvalue weighted by molar-refractivity contribution is 0.154. The van der Waals surface area contributed by atoms with E-state index in [-0.39, 0.29) is 5.41 Å². The minimum absolute atomic E-state index is 0.0685. The first-order chi connectivity index (χ1) is 9.42. The molecule has 20 heavy (non-hydrogen) atoms.